The lowest BCUT2D eigenvalue weighted by Gasteiger charge is -2.35. The van der Waals surface area contributed by atoms with Gasteiger partial charge in [-0.05, 0) is 55.5 Å². The maximum Gasteiger partial charge on any atom is 0.140 e. The lowest BCUT2D eigenvalue weighted by atomic mass is 9.74. The Morgan fingerprint density at radius 2 is 2.00 bits per heavy atom. The Hall–Kier alpha value is -1.11. The molecule has 0 unspecified atom stereocenters. The molecule has 8 heteroatoms. The van der Waals surface area contributed by atoms with E-state index >= 15 is 0 Å². The predicted molar refractivity (Wildman–Crippen MR) is 121 cm³/mol. The molecule has 2 aromatic rings. The third kappa shape index (κ3) is 3.51. The van der Waals surface area contributed by atoms with Gasteiger partial charge in [-0.2, -0.15) is 0 Å². The van der Waals surface area contributed by atoms with Crippen molar-refractivity contribution in [1.29, 1.82) is 0 Å². The van der Waals surface area contributed by atoms with Crippen molar-refractivity contribution in [3.05, 3.63) is 46.9 Å². The van der Waals surface area contributed by atoms with Crippen molar-refractivity contribution in [2.45, 2.75) is 49.5 Å². The Balaban J connectivity index is 0.00000120. The summed E-state index contributed by atoms with van der Waals surface area (Å²) in [6, 6.07) is 6.63. The van der Waals surface area contributed by atoms with Gasteiger partial charge >= 0.3 is 0 Å². The number of aromatic nitrogens is 2. The second-order valence-corrected chi connectivity index (χ2v) is 8.52. The van der Waals surface area contributed by atoms with E-state index in [0.717, 1.165) is 56.0 Å². The van der Waals surface area contributed by atoms with Crippen LogP contribution in [0.1, 0.15) is 60.6 Å². The molecule has 1 fully saturated rings. The largest absolute Gasteiger partial charge is 0.387 e. The molecule has 5 nitrogen and oxygen atoms in total. The first-order valence-electron chi connectivity index (χ1n) is 9.83. The van der Waals surface area contributed by atoms with Gasteiger partial charge in [0.25, 0.3) is 0 Å². The van der Waals surface area contributed by atoms with E-state index in [2.05, 4.69) is 40.3 Å². The fourth-order valence-electron chi connectivity index (χ4n) is 5.24. The number of hydrogen-bond acceptors (Lipinski definition) is 5. The van der Waals surface area contributed by atoms with Gasteiger partial charge in [0.15, 0.2) is 0 Å². The number of rotatable bonds is 2. The monoisotopic (exact) mass is 456 g/mol. The molecule has 1 saturated heterocycles. The van der Waals surface area contributed by atoms with Crippen molar-refractivity contribution in [2.24, 2.45) is 0 Å². The first-order chi connectivity index (χ1) is 13.1. The molecule has 2 aliphatic heterocycles. The molecule has 29 heavy (non-hydrogen) atoms. The summed E-state index contributed by atoms with van der Waals surface area (Å²) in [6.07, 6.45) is 4.09. The van der Waals surface area contributed by atoms with E-state index in [1.54, 1.807) is 6.33 Å². The average Bonchev–Trinajstić information content (AvgIpc) is 3.17. The zero-order valence-electron chi connectivity index (χ0n) is 16.4. The summed E-state index contributed by atoms with van der Waals surface area (Å²) in [5, 5.41) is 13.9. The van der Waals surface area contributed by atoms with E-state index < -0.39 is 6.10 Å². The van der Waals surface area contributed by atoms with E-state index in [0.29, 0.717) is 5.88 Å². The fraction of sp³-hybridized carbons (Fsp3) is 0.524. The van der Waals surface area contributed by atoms with Crippen molar-refractivity contribution >= 4 is 47.9 Å². The van der Waals surface area contributed by atoms with Crippen molar-refractivity contribution < 1.29 is 5.11 Å². The number of fused-ring (bicyclic) bond motifs is 3. The van der Waals surface area contributed by atoms with Crippen LogP contribution in [0.25, 0.3) is 0 Å². The van der Waals surface area contributed by atoms with Crippen LogP contribution in [-0.2, 0) is 11.3 Å². The predicted octanol–water partition coefficient (Wildman–Crippen LogP) is 4.37. The second-order valence-electron chi connectivity index (χ2n) is 8.25. The number of alkyl halides is 1. The lowest BCUT2D eigenvalue weighted by molar-refractivity contribution is 0.170. The summed E-state index contributed by atoms with van der Waals surface area (Å²) < 4.78 is 0. The maximum absolute atomic E-state index is 10.4. The minimum absolute atomic E-state index is 0. The Morgan fingerprint density at radius 3 is 2.72 bits per heavy atom. The molecular weight excluding hydrogens is 431 g/mol. The fourth-order valence-corrected chi connectivity index (χ4v) is 5.40. The van der Waals surface area contributed by atoms with Crippen LogP contribution in [0.2, 0.25) is 0 Å². The summed E-state index contributed by atoms with van der Waals surface area (Å²) >= 11 is 6.15. The summed E-state index contributed by atoms with van der Waals surface area (Å²) in [6.45, 7) is 5.17. The van der Waals surface area contributed by atoms with Gasteiger partial charge in [0.2, 0.25) is 0 Å². The maximum atomic E-state index is 10.4. The highest BCUT2D eigenvalue weighted by Gasteiger charge is 2.45. The topological polar surface area (TPSA) is 61.3 Å². The summed E-state index contributed by atoms with van der Waals surface area (Å²) in [4.78, 5) is 11.5. The molecule has 1 spiro atoms. The number of benzene rings is 1. The number of halogens is 3. The number of nitrogens with one attached hydrogen (secondary N) is 1. The summed E-state index contributed by atoms with van der Waals surface area (Å²) in [7, 11) is 0. The van der Waals surface area contributed by atoms with Crippen molar-refractivity contribution in [1.82, 2.24) is 15.3 Å². The number of nitrogens with zero attached hydrogens (tertiary/aromatic N) is 3. The number of piperidine rings is 1. The third-order valence-corrected chi connectivity index (χ3v) is 6.94. The molecule has 1 aliphatic carbocycles. The molecule has 0 bridgehead atoms. The Kier molecular flexibility index (Phi) is 6.66. The van der Waals surface area contributed by atoms with Gasteiger partial charge in [0.05, 0.1) is 11.8 Å². The highest BCUT2D eigenvalue weighted by atomic mass is 35.5. The molecule has 0 saturated carbocycles. The quantitative estimate of drug-likeness (QED) is 0.656. The Bertz CT molecular complexity index is 888. The number of hydrogen-bond donors (Lipinski definition) is 2. The first-order valence-corrected chi connectivity index (χ1v) is 10.4. The first kappa shape index (κ1) is 22.6. The van der Waals surface area contributed by atoms with Crippen molar-refractivity contribution in [2.75, 3.05) is 24.5 Å². The molecule has 3 heterocycles. The van der Waals surface area contributed by atoms with Crippen molar-refractivity contribution in [3.63, 3.8) is 0 Å². The van der Waals surface area contributed by atoms with Crippen LogP contribution in [0, 0.1) is 0 Å². The molecule has 5 rings (SSSR count). The highest BCUT2D eigenvalue weighted by Crippen LogP contribution is 2.52. The standard InChI is InChI=1S/C21H25ClN4O.2ClH/c1-13-8-17(27)19-18(13)20(25-12-24-19)26-11-21(4-6-23-7-5-21)15-9-14(10-22)2-3-16(15)26;;/h2-3,9,12-13,17,23,27H,4-8,10-11H2,1H3;2*1H/t13-,17-;;/m1../s1. The van der Waals surface area contributed by atoms with Gasteiger partial charge < -0.3 is 15.3 Å². The van der Waals surface area contributed by atoms with E-state index in [-0.39, 0.29) is 36.1 Å². The minimum Gasteiger partial charge on any atom is -0.387 e. The highest BCUT2D eigenvalue weighted by molar-refractivity contribution is 6.17. The molecular formula is C21H27Cl3N4O. The molecule has 0 radical (unpaired) electrons. The third-order valence-electron chi connectivity index (χ3n) is 6.63. The average molecular weight is 458 g/mol. The number of aliphatic hydroxyl groups is 1. The van der Waals surface area contributed by atoms with E-state index in [4.69, 9.17) is 16.6 Å². The van der Waals surface area contributed by atoms with Crippen LogP contribution < -0.4 is 10.2 Å². The van der Waals surface area contributed by atoms with Crippen LogP contribution in [0.3, 0.4) is 0 Å². The normalized spacial score (nSPS) is 23.9. The number of anilines is 2. The molecule has 1 aromatic heterocycles. The van der Waals surface area contributed by atoms with Crippen molar-refractivity contribution in [3.8, 4) is 0 Å². The number of aliphatic hydroxyl groups excluding tert-OH is 1. The molecule has 2 N–H and O–H groups in total. The molecule has 0 amide bonds. The van der Waals surface area contributed by atoms with Crippen LogP contribution >= 0.6 is 36.4 Å². The van der Waals surface area contributed by atoms with E-state index in [1.165, 1.54) is 16.8 Å². The minimum atomic E-state index is -0.481. The van der Waals surface area contributed by atoms with Crippen LogP contribution in [0.15, 0.2) is 24.5 Å². The smallest absolute Gasteiger partial charge is 0.140 e. The van der Waals surface area contributed by atoms with Gasteiger partial charge in [0.1, 0.15) is 12.1 Å². The van der Waals surface area contributed by atoms with Gasteiger partial charge in [-0.15, -0.1) is 36.4 Å². The van der Waals surface area contributed by atoms with E-state index in [1.807, 2.05) is 0 Å². The zero-order chi connectivity index (χ0) is 18.6. The SMILES string of the molecule is C[C@@H]1C[C@@H](O)c2ncnc(N3CC4(CCNCC4)c4cc(CCl)ccc43)c21.Cl.Cl. The second kappa shape index (κ2) is 8.56. The van der Waals surface area contributed by atoms with Gasteiger partial charge in [-0.3, -0.25) is 0 Å². The lowest BCUT2D eigenvalue weighted by Crippen LogP contribution is -2.42. The Labute approximate surface area is 189 Å². The van der Waals surface area contributed by atoms with Gasteiger partial charge in [-0.25, -0.2) is 9.97 Å². The van der Waals surface area contributed by atoms with E-state index in [9.17, 15) is 5.11 Å². The summed E-state index contributed by atoms with van der Waals surface area (Å²) in [5.74, 6) is 1.77. The molecule has 3 aliphatic rings. The summed E-state index contributed by atoms with van der Waals surface area (Å²) in [5.41, 5.74) is 5.87. The molecule has 1 aromatic carbocycles. The van der Waals surface area contributed by atoms with Crippen LogP contribution in [0.5, 0.6) is 0 Å². The Morgan fingerprint density at radius 1 is 1.24 bits per heavy atom. The molecule has 158 valence electrons. The zero-order valence-corrected chi connectivity index (χ0v) is 18.8. The van der Waals surface area contributed by atoms with Crippen LogP contribution in [-0.4, -0.2) is 34.7 Å². The molecule has 2 atom stereocenters. The van der Waals surface area contributed by atoms with Gasteiger partial charge in [0, 0.05) is 29.1 Å². The van der Waals surface area contributed by atoms with Gasteiger partial charge in [-0.1, -0.05) is 19.1 Å². The van der Waals surface area contributed by atoms with Crippen LogP contribution in [0.4, 0.5) is 11.5 Å².